The fraction of sp³-hybridized carbons (Fsp3) is 0.375. The van der Waals surface area contributed by atoms with E-state index in [0.717, 1.165) is 29.4 Å². The maximum absolute atomic E-state index is 13.5. The van der Waals surface area contributed by atoms with Crippen LogP contribution in [0.4, 0.5) is 38.0 Å². The van der Waals surface area contributed by atoms with Crippen LogP contribution in [-0.4, -0.2) is 72.5 Å². The van der Waals surface area contributed by atoms with E-state index in [1.54, 1.807) is 18.6 Å². The quantitative estimate of drug-likeness (QED) is 0.121. The number of pyridine rings is 1. The molecule has 1 aromatic carbocycles. The highest BCUT2D eigenvalue weighted by Gasteiger charge is 2.39. The van der Waals surface area contributed by atoms with E-state index >= 15 is 0 Å². The first-order chi connectivity index (χ1) is 23.8. The number of halogens is 6. The Morgan fingerprint density at radius 1 is 0.980 bits per heavy atom. The predicted molar refractivity (Wildman–Crippen MR) is 173 cm³/mol. The number of benzene rings is 1. The second-order valence-corrected chi connectivity index (χ2v) is 11.7. The van der Waals surface area contributed by atoms with Crippen molar-refractivity contribution < 1.29 is 50.9 Å². The number of H-pyrrole nitrogens is 1. The van der Waals surface area contributed by atoms with Crippen LogP contribution in [-0.2, 0) is 32.9 Å². The Labute approximate surface area is 286 Å². The van der Waals surface area contributed by atoms with Crippen molar-refractivity contribution in [2.24, 2.45) is 0 Å². The summed E-state index contributed by atoms with van der Waals surface area (Å²) in [5.41, 5.74) is 3.25. The highest BCUT2D eigenvalue weighted by Crippen LogP contribution is 2.43. The molecule has 0 spiro atoms. The number of alkyl halides is 6. The fourth-order valence-electron chi connectivity index (χ4n) is 4.88. The van der Waals surface area contributed by atoms with Gasteiger partial charge in [-0.25, -0.2) is 14.6 Å². The Bertz CT molecular complexity index is 1800. The van der Waals surface area contributed by atoms with Crippen molar-refractivity contribution in [1.29, 1.82) is 0 Å². The highest BCUT2D eigenvalue weighted by molar-refractivity contribution is 5.80. The number of rotatable bonds is 10. The first-order valence-electron chi connectivity index (χ1n) is 15.3. The minimum absolute atomic E-state index is 0.0138. The predicted octanol–water partition coefficient (Wildman–Crippen LogP) is 5.06. The molecule has 1 saturated carbocycles. The summed E-state index contributed by atoms with van der Waals surface area (Å²) in [5.74, 6) is -5.41. The smallest absolute Gasteiger partial charge is 0.475 e. The van der Waals surface area contributed by atoms with Crippen LogP contribution in [0.15, 0.2) is 65.8 Å². The summed E-state index contributed by atoms with van der Waals surface area (Å²) >= 11 is 0. The molecular weight excluding hydrogens is 692 g/mol. The van der Waals surface area contributed by atoms with Crippen molar-refractivity contribution in [1.82, 2.24) is 24.8 Å². The van der Waals surface area contributed by atoms with Crippen LogP contribution in [0.2, 0.25) is 0 Å². The molecule has 1 fully saturated rings. The Kier molecular flexibility index (Phi) is 13.2. The van der Waals surface area contributed by atoms with Crippen molar-refractivity contribution in [2.45, 2.75) is 70.0 Å². The van der Waals surface area contributed by atoms with Gasteiger partial charge in [0.2, 0.25) is 11.9 Å². The number of fused-ring (bicyclic) bond motifs is 1. The average molecular weight is 728 g/mol. The number of nitrogens with zero attached hydrogens (tertiary/aromatic N) is 3. The molecule has 0 saturated heterocycles. The summed E-state index contributed by atoms with van der Waals surface area (Å²) in [6, 6.07) is 14.3. The number of aromatic nitrogens is 4. The molecule has 0 aliphatic heterocycles. The molecule has 3 aromatic heterocycles. The number of aliphatic carboxylic acids is 2. The van der Waals surface area contributed by atoms with E-state index in [1.165, 1.54) is 16.6 Å². The van der Waals surface area contributed by atoms with Crippen LogP contribution in [0.1, 0.15) is 44.4 Å². The van der Waals surface area contributed by atoms with Gasteiger partial charge in [0.05, 0.1) is 12.7 Å². The lowest BCUT2D eigenvalue weighted by Gasteiger charge is -2.42. The van der Waals surface area contributed by atoms with Crippen molar-refractivity contribution in [3.63, 3.8) is 0 Å². The van der Waals surface area contributed by atoms with Gasteiger partial charge < -0.3 is 31.1 Å². The average Bonchev–Trinajstić information content (AvgIpc) is 3.45. The van der Waals surface area contributed by atoms with Gasteiger partial charge in [0.1, 0.15) is 12.2 Å². The lowest BCUT2D eigenvalue weighted by Crippen LogP contribution is -2.42. The minimum atomic E-state index is -5.08. The maximum Gasteiger partial charge on any atom is 0.490 e. The molecule has 0 bridgehead atoms. The van der Waals surface area contributed by atoms with Gasteiger partial charge in [-0.15, -0.1) is 0 Å². The third-order valence-corrected chi connectivity index (χ3v) is 7.52. The summed E-state index contributed by atoms with van der Waals surface area (Å²) in [5, 5.41) is 24.7. The van der Waals surface area contributed by atoms with Crippen molar-refractivity contribution >= 4 is 40.4 Å². The molecule has 13 nitrogen and oxygen atoms in total. The summed E-state index contributed by atoms with van der Waals surface area (Å²) in [6.07, 6.45) is -1.79. The Morgan fingerprint density at radius 2 is 1.59 bits per heavy atom. The van der Waals surface area contributed by atoms with Crippen LogP contribution in [0, 0.1) is 0 Å². The molecule has 4 aromatic rings. The molecule has 5 rings (SSSR count). The minimum Gasteiger partial charge on any atom is -0.475 e. The van der Waals surface area contributed by atoms with Gasteiger partial charge in [0.15, 0.2) is 0 Å². The normalized spacial score (nSPS) is 13.5. The molecule has 276 valence electrons. The van der Waals surface area contributed by atoms with E-state index < -0.39 is 24.3 Å². The van der Waals surface area contributed by atoms with Crippen LogP contribution in [0.25, 0.3) is 10.9 Å². The third kappa shape index (κ3) is 11.5. The number of hydrogen-bond acceptors (Lipinski definition) is 8. The number of nitrogens with one attached hydrogen (secondary N) is 4. The lowest BCUT2D eigenvalue weighted by atomic mass is 9.64. The Balaban J connectivity index is 0.000000424. The van der Waals surface area contributed by atoms with Gasteiger partial charge in [-0.05, 0) is 44.4 Å². The monoisotopic (exact) mass is 727 g/mol. The van der Waals surface area contributed by atoms with Gasteiger partial charge in [0.25, 0.3) is 5.56 Å². The Hall–Kier alpha value is -5.62. The molecule has 3 heterocycles. The molecule has 0 unspecified atom stereocenters. The van der Waals surface area contributed by atoms with E-state index in [1.807, 2.05) is 32.0 Å². The third-order valence-electron chi connectivity index (χ3n) is 7.52. The van der Waals surface area contributed by atoms with Gasteiger partial charge >= 0.3 is 24.3 Å². The second-order valence-electron chi connectivity index (χ2n) is 11.7. The van der Waals surface area contributed by atoms with Crippen molar-refractivity contribution in [3.8, 4) is 0 Å². The second kappa shape index (κ2) is 16.9. The molecule has 0 atom stereocenters. The fourth-order valence-corrected chi connectivity index (χ4v) is 4.88. The summed E-state index contributed by atoms with van der Waals surface area (Å²) in [7, 11) is 0. The van der Waals surface area contributed by atoms with E-state index in [9.17, 15) is 35.9 Å². The van der Waals surface area contributed by atoms with E-state index in [4.69, 9.17) is 19.8 Å². The number of amides is 1. The van der Waals surface area contributed by atoms with E-state index in [-0.39, 0.29) is 29.5 Å². The van der Waals surface area contributed by atoms with E-state index in [0.29, 0.717) is 24.7 Å². The Morgan fingerprint density at radius 3 is 2.10 bits per heavy atom. The molecule has 1 amide bonds. The van der Waals surface area contributed by atoms with Gasteiger partial charge in [-0.2, -0.15) is 26.3 Å². The van der Waals surface area contributed by atoms with Gasteiger partial charge in [-0.3, -0.25) is 19.1 Å². The van der Waals surface area contributed by atoms with Gasteiger partial charge in [-0.1, -0.05) is 36.8 Å². The van der Waals surface area contributed by atoms with Crippen LogP contribution in [0.5, 0.6) is 0 Å². The molecule has 0 radical (unpaired) electrons. The SMILES string of the molecule is CC(C)Nc1ncc(NCC2(c3ccccc3)CCC2)c(=O)n1CC(=O)NCc1cc2cnccc2[nH]1.O=C(O)C(F)(F)F.O=C(O)C(F)(F)F. The van der Waals surface area contributed by atoms with Crippen molar-refractivity contribution in [3.05, 3.63) is 82.7 Å². The highest BCUT2D eigenvalue weighted by atomic mass is 19.4. The molecule has 51 heavy (non-hydrogen) atoms. The molecule has 19 heteroatoms. The zero-order chi connectivity index (χ0) is 38.0. The number of anilines is 2. The zero-order valence-corrected chi connectivity index (χ0v) is 27.2. The van der Waals surface area contributed by atoms with E-state index in [2.05, 4.69) is 55.2 Å². The number of carbonyl (C=O) groups is 3. The molecule has 1 aliphatic rings. The first-order valence-corrected chi connectivity index (χ1v) is 15.3. The molecule has 6 N–H and O–H groups in total. The number of carboxylic acid groups (broad SMARTS) is 2. The lowest BCUT2D eigenvalue weighted by molar-refractivity contribution is -0.193. The number of carbonyl (C=O) groups excluding carboxylic acids is 1. The van der Waals surface area contributed by atoms with Crippen LogP contribution >= 0.6 is 0 Å². The summed E-state index contributed by atoms with van der Waals surface area (Å²) in [4.78, 5) is 56.0. The van der Waals surface area contributed by atoms with Crippen LogP contribution in [0.3, 0.4) is 0 Å². The summed E-state index contributed by atoms with van der Waals surface area (Å²) in [6.45, 7) is 4.76. The van der Waals surface area contributed by atoms with Gasteiger partial charge in [0, 0.05) is 47.0 Å². The number of carboxylic acids is 2. The molecule has 1 aliphatic carbocycles. The number of hydrogen-bond donors (Lipinski definition) is 6. The largest absolute Gasteiger partial charge is 0.490 e. The number of aromatic amines is 1. The first kappa shape index (κ1) is 39.8. The van der Waals surface area contributed by atoms with Crippen LogP contribution < -0.4 is 21.5 Å². The standard InChI is InChI=1S/C28H33N7O2.2C2HF3O2/c1-19(2)33-27-31-16-24(32-18-28(10-6-11-28)21-7-4-3-5-8-21)26(37)35(27)17-25(36)30-15-22-13-20-14-29-12-9-23(20)34-22;2*3-2(4,5)1(6)7/h3-5,7-9,12-14,16,19,32,34H,6,10-11,15,17-18H2,1-2H3,(H,30,36)(H,31,33);2*(H,6,7). The zero-order valence-electron chi connectivity index (χ0n) is 27.2. The van der Waals surface area contributed by atoms with Crippen molar-refractivity contribution in [2.75, 3.05) is 17.2 Å². The maximum atomic E-state index is 13.5. The molecular formula is C32H35F6N7O6. The topological polar surface area (TPSA) is 191 Å². The summed E-state index contributed by atoms with van der Waals surface area (Å²) < 4.78 is 64.9.